The molecule has 0 saturated carbocycles. The van der Waals surface area contributed by atoms with E-state index in [0.717, 1.165) is 24.8 Å². The van der Waals surface area contributed by atoms with Crippen molar-refractivity contribution < 1.29 is 14.7 Å². The van der Waals surface area contributed by atoms with E-state index < -0.39 is 6.04 Å². The number of phenolic OH excluding ortho intramolecular Hbond substituents is 1. The van der Waals surface area contributed by atoms with Crippen LogP contribution in [0.3, 0.4) is 0 Å². The van der Waals surface area contributed by atoms with Crippen LogP contribution >= 0.6 is 0 Å². The fourth-order valence-electron chi connectivity index (χ4n) is 3.45. The van der Waals surface area contributed by atoms with E-state index in [-0.39, 0.29) is 23.4 Å². The third kappa shape index (κ3) is 5.34. The van der Waals surface area contributed by atoms with Gasteiger partial charge in [-0.05, 0) is 49.1 Å². The molecule has 2 amide bonds. The van der Waals surface area contributed by atoms with Gasteiger partial charge in [-0.2, -0.15) is 0 Å². The van der Waals surface area contributed by atoms with Crippen LogP contribution in [0.15, 0.2) is 48.5 Å². The Morgan fingerprint density at radius 1 is 1.00 bits per heavy atom. The smallest absolute Gasteiger partial charge is 0.251 e. The van der Waals surface area contributed by atoms with E-state index in [1.54, 1.807) is 48.5 Å². The first-order valence-corrected chi connectivity index (χ1v) is 9.76. The van der Waals surface area contributed by atoms with Gasteiger partial charge >= 0.3 is 0 Å². The van der Waals surface area contributed by atoms with Crippen molar-refractivity contribution in [2.75, 3.05) is 13.1 Å². The molecule has 1 fully saturated rings. The lowest BCUT2D eigenvalue weighted by Crippen LogP contribution is -2.51. The Morgan fingerprint density at radius 3 is 2.17 bits per heavy atom. The van der Waals surface area contributed by atoms with Gasteiger partial charge in [0.15, 0.2) is 0 Å². The van der Waals surface area contributed by atoms with E-state index in [4.69, 9.17) is 11.1 Å². The van der Waals surface area contributed by atoms with Gasteiger partial charge in [-0.25, -0.2) is 0 Å². The lowest BCUT2D eigenvalue weighted by molar-refractivity contribution is -0.134. The molecule has 0 radical (unpaired) electrons. The second-order valence-electron chi connectivity index (χ2n) is 7.27. The number of hydrogen-bond donors (Lipinski definition) is 4. The summed E-state index contributed by atoms with van der Waals surface area (Å²) in [4.78, 5) is 27.7. The molecule has 1 heterocycles. The molecule has 0 bridgehead atoms. The van der Waals surface area contributed by atoms with Crippen molar-refractivity contribution in [1.82, 2.24) is 10.2 Å². The number of amides is 2. The summed E-state index contributed by atoms with van der Waals surface area (Å²) in [6, 6.07) is 12.3. The zero-order chi connectivity index (χ0) is 20.8. The number of nitrogens with zero attached hydrogens (tertiary/aromatic N) is 1. The van der Waals surface area contributed by atoms with Gasteiger partial charge in [0, 0.05) is 30.6 Å². The van der Waals surface area contributed by atoms with Gasteiger partial charge in [0.25, 0.3) is 5.91 Å². The number of nitrogens with one attached hydrogen (secondary N) is 2. The predicted molar refractivity (Wildman–Crippen MR) is 111 cm³/mol. The van der Waals surface area contributed by atoms with Crippen LogP contribution in [-0.2, 0) is 11.2 Å². The van der Waals surface area contributed by atoms with Crippen molar-refractivity contribution in [3.05, 3.63) is 65.2 Å². The number of rotatable bonds is 6. The summed E-state index contributed by atoms with van der Waals surface area (Å²) in [5.41, 5.74) is 7.24. The first kappa shape index (κ1) is 20.4. The second kappa shape index (κ2) is 9.23. The van der Waals surface area contributed by atoms with E-state index in [9.17, 15) is 14.7 Å². The van der Waals surface area contributed by atoms with Gasteiger partial charge in [-0.1, -0.05) is 24.3 Å². The second-order valence-corrected chi connectivity index (χ2v) is 7.27. The Labute approximate surface area is 170 Å². The van der Waals surface area contributed by atoms with Gasteiger partial charge in [0.05, 0.1) is 0 Å². The number of amidine groups is 1. The molecule has 1 saturated heterocycles. The van der Waals surface area contributed by atoms with Crippen LogP contribution in [0, 0.1) is 5.41 Å². The zero-order valence-electron chi connectivity index (χ0n) is 16.2. The molecular formula is C22H26N4O3. The summed E-state index contributed by atoms with van der Waals surface area (Å²) >= 11 is 0. The Balaban J connectivity index is 1.77. The number of likely N-dealkylation sites (tertiary alicyclic amines) is 1. The summed E-state index contributed by atoms with van der Waals surface area (Å²) in [7, 11) is 0. The number of aromatic hydroxyl groups is 1. The van der Waals surface area contributed by atoms with Crippen LogP contribution < -0.4 is 11.1 Å². The molecule has 2 aromatic rings. The van der Waals surface area contributed by atoms with Crippen molar-refractivity contribution in [1.29, 1.82) is 5.41 Å². The number of piperidine rings is 1. The van der Waals surface area contributed by atoms with Crippen LogP contribution in [-0.4, -0.2) is 46.8 Å². The number of phenols is 1. The molecule has 1 aliphatic heterocycles. The normalized spacial score (nSPS) is 14.8. The van der Waals surface area contributed by atoms with Gasteiger partial charge in [-0.15, -0.1) is 0 Å². The summed E-state index contributed by atoms with van der Waals surface area (Å²) < 4.78 is 0. The standard InChI is InChI=1S/C22H26N4O3/c23-20(24)16-6-8-17(9-7-16)21(28)25-19(14-15-4-10-18(27)11-5-15)22(29)26-12-2-1-3-13-26/h4-11,19,27H,1-3,12-14H2,(H3,23,24)(H,25,28)/t19-/m0/s1. The van der Waals surface area contributed by atoms with Gasteiger partial charge in [0.1, 0.15) is 17.6 Å². The van der Waals surface area contributed by atoms with E-state index in [0.29, 0.717) is 30.6 Å². The Bertz CT molecular complexity index is 872. The number of nitrogens with two attached hydrogens (primary N) is 1. The van der Waals surface area contributed by atoms with Gasteiger partial charge in [0.2, 0.25) is 5.91 Å². The molecule has 0 aromatic heterocycles. The molecule has 7 heteroatoms. The minimum absolute atomic E-state index is 0.0672. The quantitative estimate of drug-likeness (QED) is 0.443. The summed E-state index contributed by atoms with van der Waals surface area (Å²) in [6.45, 7) is 1.40. The Kier molecular flexibility index (Phi) is 6.49. The first-order chi connectivity index (χ1) is 13.9. The molecule has 0 unspecified atom stereocenters. The monoisotopic (exact) mass is 394 g/mol. The third-order valence-corrected chi connectivity index (χ3v) is 5.11. The average molecular weight is 394 g/mol. The molecule has 7 nitrogen and oxygen atoms in total. The molecule has 5 N–H and O–H groups in total. The highest BCUT2D eigenvalue weighted by Gasteiger charge is 2.27. The average Bonchev–Trinajstić information content (AvgIpc) is 2.75. The highest BCUT2D eigenvalue weighted by molar-refractivity contribution is 5.99. The number of carbonyl (C=O) groups is 2. The molecule has 0 aliphatic carbocycles. The maximum absolute atomic E-state index is 13.1. The van der Waals surface area contributed by atoms with Crippen LogP contribution in [0.5, 0.6) is 5.75 Å². The SMILES string of the molecule is N=C(N)c1ccc(C(=O)N[C@@H](Cc2ccc(O)cc2)C(=O)N2CCCCC2)cc1. The molecule has 1 aliphatic rings. The fourth-order valence-corrected chi connectivity index (χ4v) is 3.45. The Hall–Kier alpha value is -3.35. The minimum Gasteiger partial charge on any atom is -0.508 e. The summed E-state index contributed by atoms with van der Waals surface area (Å²) in [5, 5.41) is 19.8. The van der Waals surface area contributed by atoms with Crippen LogP contribution in [0.25, 0.3) is 0 Å². The van der Waals surface area contributed by atoms with E-state index in [2.05, 4.69) is 5.32 Å². The summed E-state index contributed by atoms with van der Waals surface area (Å²) in [6.07, 6.45) is 3.39. The maximum Gasteiger partial charge on any atom is 0.251 e. The number of benzene rings is 2. The minimum atomic E-state index is -0.697. The van der Waals surface area contributed by atoms with Crippen LogP contribution in [0.1, 0.15) is 40.7 Å². The van der Waals surface area contributed by atoms with Crippen molar-refractivity contribution in [2.24, 2.45) is 5.73 Å². The molecule has 2 aromatic carbocycles. The van der Waals surface area contributed by atoms with Gasteiger partial charge < -0.3 is 21.1 Å². The predicted octanol–water partition coefficient (Wildman–Crippen LogP) is 2.03. The number of carbonyl (C=O) groups excluding carboxylic acids is 2. The van der Waals surface area contributed by atoms with Crippen molar-refractivity contribution in [3.63, 3.8) is 0 Å². The van der Waals surface area contributed by atoms with E-state index in [1.807, 2.05) is 4.90 Å². The molecule has 0 spiro atoms. The van der Waals surface area contributed by atoms with Crippen LogP contribution in [0.2, 0.25) is 0 Å². The number of nitrogen functional groups attached to an aromatic ring is 1. The highest BCUT2D eigenvalue weighted by atomic mass is 16.3. The van der Waals surface area contributed by atoms with Crippen LogP contribution in [0.4, 0.5) is 0 Å². The highest BCUT2D eigenvalue weighted by Crippen LogP contribution is 2.15. The van der Waals surface area contributed by atoms with Gasteiger partial charge in [-0.3, -0.25) is 15.0 Å². The molecule has 152 valence electrons. The van der Waals surface area contributed by atoms with Crippen molar-refractivity contribution >= 4 is 17.6 Å². The largest absolute Gasteiger partial charge is 0.508 e. The third-order valence-electron chi connectivity index (χ3n) is 5.11. The topological polar surface area (TPSA) is 120 Å². The maximum atomic E-state index is 13.1. The zero-order valence-corrected chi connectivity index (χ0v) is 16.2. The summed E-state index contributed by atoms with van der Waals surface area (Å²) in [5.74, 6) is -0.356. The molecule has 1 atom stereocenters. The molecule has 3 rings (SSSR count). The lowest BCUT2D eigenvalue weighted by atomic mass is 10.0. The molecule has 29 heavy (non-hydrogen) atoms. The van der Waals surface area contributed by atoms with Crippen molar-refractivity contribution in [3.8, 4) is 5.75 Å². The van der Waals surface area contributed by atoms with Crippen molar-refractivity contribution in [2.45, 2.75) is 31.7 Å². The lowest BCUT2D eigenvalue weighted by Gasteiger charge is -2.31. The Morgan fingerprint density at radius 2 is 1.59 bits per heavy atom. The van der Waals surface area contributed by atoms with E-state index in [1.165, 1.54) is 0 Å². The number of hydrogen-bond acceptors (Lipinski definition) is 4. The van der Waals surface area contributed by atoms with E-state index >= 15 is 0 Å². The molecular weight excluding hydrogens is 368 g/mol. The first-order valence-electron chi connectivity index (χ1n) is 9.76. The fraction of sp³-hybridized carbons (Fsp3) is 0.318.